The Morgan fingerprint density at radius 2 is 1.94 bits per heavy atom. The van der Waals surface area contributed by atoms with Gasteiger partial charge in [0.1, 0.15) is 11.9 Å². The van der Waals surface area contributed by atoms with Gasteiger partial charge < -0.3 is 14.3 Å². The van der Waals surface area contributed by atoms with Gasteiger partial charge in [-0.15, -0.1) is 0 Å². The second-order valence-corrected chi connectivity index (χ2v) is 7.88. The average molecular weight is 425 g/mol. The van der Waals surface area contributed by atoms with Gasteiger partial charge >= 0.3 is 5.97 Å². The Morgan fingerprint density at radius 3 is 2.66 bits per heavy atom. The third kappa shape index (κ3) is 3.58. The standard InChI is InChI=1S/C26H24N4O2/c1-15-9-10-22-23(11-15)29-25(28-22)20(14-27)13-19-12-16(2)30(18(19)4)24-8-6-7-21(17(24)3)26(31)32-5/h6-13H,1-5H3,(H,28,29). The maximum atomic E-state index is 12.1. The number of H-pyrrole nitrogens is 1. The predicted octanol–water partition coefficient (Wildman–Crippen LogP) is 5.44. The fourth-order valence-corrected chi connectivity index (χ4v) is 4.06. The van der Waals surface area contributed by atoms with Gasteiger partial charge in [0.05, 0.1) is 29.3 Å². The summed E-state index contributed by atoms with van der Waals surface area (Å²) in [5.74, 6) is 0.181. The lowest BCUT2D eigenvalue weighted by Gasteiger charge is -2.15. The summed E-state index contributed by atoms with van der Waals surface area (Å²) < 4.78 is 7.01. The molecule has 0 saturated carbocycles. The van der Waals surface area contributed by atoms with Gasteiger partial charge in [-0.25, -0.2) is 9.78 Å². The molecule has 0 spiro atoms. The van der Waals surface area contributed by atoms with Crippen molar-refractivity contribution in [1.82, 2.24) is 14.5 Å². The Bertz CT molecular complexity index is 1430. The number of esters is 1. The highest BCUT2D eigenvalue weighted by Gasteiger charge is 2.17. The third-order valence-corrected chi connectivity index (χ3v) is 5.73. The maximum Gasteiger partial charge on any atom is 0.338 e. The van der Waals surface area contributed by atoms with Crippen molar-refractivity contribution in [3.63, 3.8) is 0 Å². The number of hydrogen-bond donors (Lipinski definition) is 1. The Kier molecular flexibility index (Phi) is 5.41. The number of aromatic nitrogens is 3. The summed E-state index contributed by atoms with van der Waals surface area (Å²) in [5, 5.41) is 9.84. The van der Waals surface area contributed by atoms with Crippen molar-refractivity contribution in [2.24, 2.45) is 0 Å². The lowest BCUT2D eigenvalue weighted by atomic mass is 10.1. The molecule has 4 rings (SSSR count). The SMILES string of the molecule is COC(=O)c1cccc(-n2c(C)cc(C=C(C#N)c3nc4ccc(C)cc4[nH]3)c2C)c1C. The van der Waals surface area contributed by atoms with Gasteiger partial charge in [0.25, 0.3) is 0 Å². The molecule has 0 bridgehead atoms. The Balaban J connectivity index is 1.81. The lowest BCUT2D eigenvalue weighted by molar-refractivity contribution is 0.0600. The Morgan fingerprint density at radius 1 is 1.16 bits per heavy atom. The number of imidazole rings is 1. The van der Waals surface area contributed by atoms with Crippen molar-refractivity contribution in [2.75, 3.05) is 7.11 Å². The average Bonchev–Trinajstić information content (AvgIpc) is 3.31. The molecule has 4 aromatic rings. The van der Waals surface area contributed by atoms with E-state index in [0.29, 0.717) is 17.0 Å². The highest BCUT2D eigenvalue weighted by atomic mass is 16.5. The molecule has 6 heteroatoms. The van der Waals surface area contributed by atoms with E-state index < -0.39 is 0 Å². The van der Waals surface area contributed by atoms with Crippen molar-refractivity contribution < 1.29 is 9.53 Å². The number of benzene rings is 2. The van der Waals surface area contributed by atoms with Crippen LogP contribution in [-0.4, -0.2) is 27.6 Å². The molecule has 0 fully saturated rings. The van der Waals surface area contributed by atoms with Crippen LogP contribution in [0.3, 0.4) is 0 Å². The van der Waals surface area contributed by atoms with Crippen molar-refractivity contribution >= 4 is 28.7 Å². The molecule has 32 heavy (non-hydrogen) atoms. The molecule has 0 amide bonds. The molecule has 2 aromatic heterocycles. The first kappa shape index (κ1) is 21.1. The van der Waals surface area contributed by atoms with Crippen LogP contribution < -0.4 is 0 Å². The second-order valence-electron chi connectivity index (χ2n) is 7.88. The summed E-state index contributed by atoms with van der Waals surface area (Å²) in [6.45, 7) is 7.94. The van der Waals surface area contributed by atoms with E-state index in [1.807, 2.05) is 70.2 Å². The first-order chi connectivity index (χ1) is 15.3. The van der Waals surface area contributed by atoms with E-state index in [1.165, 1.54) is 7.11 Å². The number of rotatable bonds is 4. The number of aromatic amines is 1. The quantitative estimate of drug-likeness (QED) is 0.349. The summed E-state index contributed by atoms with van der Waals surface area (Å²) >= 11 is 0. The molecule has 6 nitrogen and oxygen atoms in total. The van der Waals surface area contributed by atoms with E-state index in [1.54, 1.807) is 6.07 Å². The summed E-state index contributed by atoms with van der Waals surface area (Å²) in [7, 11) is 1.38. The van der Waals surface area contributed by atoms with E-state index in [-0.39, 0.29) is 5.97 Å². The van der Waals surface area contributed by atoms with Crippen molar-refractivity contribution in [3.05, 3.63) is 81.9 Å². The van der Waals surface area contributed by atoms with E-state index in [2.05, 4.69) is 20.6 Å². The molecule has 0 aliphatic carbocycles. The van der Waals surface area contributed by atoms with Crippen LogP contribution in [0.15, 0.2) is 42.5 Å². The Hall–Kier alpha value is -4.11. The molecule has 0 saturated heterocycles. The fraction of sp³-hybridized carbons (Fsp3) is 0.192. The molecule has 2 aromatic carbocycles. The number of fused-ring (bicyclic) bond motifs is 1. The van der Waals surface area contributed by atoms with Crippen molar-refractivity contribution in [3.8, 4) is 11.8 Å². The molecular weight excluding hydrogens is 400 g/mol. The number of allylic oxidation sites excluding steroid dienone is 1. The number of aryl methyl sites for hydroxylation is 2. The van der Waals surface area contributed by atoms with E-state index in [0.717, 1.165) is 44.8 Å². The van der Waals surface area contributed by atoms with Crippen LogP contribution in [0.5, 0.6) is 0 Å². The van der Waals surface area contributed by atoms with Crippen LogP contribution in [0, 0.1) is 39.0 Å². The first-order valence-electron chi connectivity index (χ1n) is 10.3. The smallest absolute Gasteiger partial charge is 0.338 e. The monoisotopic (exact) mass is 424 g/mol. The normalized spacial score (nSPS) is 11.6. The van der Waals surface area contributed by atoms with Crippen molar-refractivity contribution in [2.45, 2.75) is 27.7 Å². The van der Waals surface area contributed by atoms with Gasteiger partial charge in [0.15, 0.2) is 0 Å². The minimum atomic E-state index is -0.362. The molecule has 0 aliphatic heterocycles. The zero-order valence-corrected chi connectivity index (χ0v) is 18.8. The van der Waals surface area contributed by atoms with Gasteiger partial charge in [-0.1, -0.05) is 12.1 Å². The topological polar surface area (TPSA) is 83.7 Å². The Labute approximate surface area is 186 Å². The van der Waals surface area contributed by atoms with Crippen molar-refractivity contribution in [1.29, 1.82) is 5.26 Å². The third-order valence-electron chi connectivity index (χ3n) is 5.73. The van der Waals surface area contributed by atoms with Crippen LogP contribution in [0.1, 0.15) is 44.3 Å². The van der Waals surface area contributed by atoms with E-state index >= 15 is 0 Å². The summed E-state index contributed by atoms with van der Waals surface area (Å²) in [5.41, 5.74) is 8.47. The molecule has 0 atom stereocenters. The van der Waals surface area contributed by atoms with E-state index in [9.17, 15) is 10.1 Å². The summed E-state index contributed by atoms with van der Waals surface area (Å²) in [6, 6.07) is 15.9. The second kappa shape index (κ2) is 8.20. The van der Waals surface area contributed by atoms with Gasteiger partial charge in [-0.2, -0.15) is 5.26 Å². The number of ether oxygens (including phenoxy) is 1. The molecule has 0 radical (unpaired) electrons. The number of nitrogens with one attached hydrogen (secondary N) is 1. The van der Waals surface area contributed by atoms with Gasteiger partial charge in [-0.3, -0.25) is 0 Å². The highest BCUT2D eigenvalue weighted by molar-refractivity contribution is 5.92. The van der Waals surface area contributed by atoms with Crippen LogP contribution in [0.25, 0.3) is 28.4 Å². The molecule has 2 heterocycles. The zero-order valence-electron chi connectivity index (χ0n) is 18.8. The molecule has 1 N–H and O–H groups in total. The fourth-order valence-electron chi connectivity index (χ4n) is 4.06. The number of nitrogens with zero attached hydrogens (tertiary/aromatic N) is 3. The lowest BCUT2D eigenvalue weighted by Crippen LogP contribution is -2.08. The minimum Gasteiger partial charge on any atom is -0.465 e. The van der Waals surface area contributed by atoms with Crippen LogP contribution >= 0.6 is 0 Å². The van der Waals surface area contributed by atoms with Gasteiger partial charge in [0, 0.05) is 17.1 Å². The van der Waals surface area contributed by atoms with Gasteiger partial charge in [0.2, 0.25) is 0 Å². The van der Waals surface area contributed by atoms with Gasteiger partial charge in [-0.05, 0) is 80.8 Å². The number of hydrogen-bond acceptors (Lipinski definition) is 4. The molecular formula is C26H24N4O2. The van der Waals surface area contributed by atoms with E-state index in [4.69, 9.17) is 4.74 Å². The molecule has 0 unspecified atom stereocenters. The number of nitriles is 1. The molecule has 160 valence electrons. The highest BCUT2D eigenvalue weighted by Crippen LogP contribution is 2.28. The number of methoxy groups -OCH3 is 1. The molecule has 0 aliphatic rings. The maximum absolute atomic E-state index is 12.1. The zero-order chi connectivity index (χ0) is 23.0. The predicted molar refractivity (Wildman–Crippen MR) is 126 cm³/mol. The van der Waals surface area contributed by atoms with Crippen LogP contribution in [-0.2, 0) is 4.74 Å². The summed E-state index contributed by atoms with van der Waals surface area (Å²) in [6.07, 6.45) is 1.85. The number of carbonyl (C=O) groups excluding carboxylic acids is 1. The van der Waals surface area contributed by atoms with Crippen LogP contribution in [0.2, 0.25) is 0 Å². The number of carbonyl (C=O) groups is 1. The first-order valence-corrected chi connectivity index (χ1v) is 10.3. The minimum absolute atomic E-state index is 0.362. The largest absolute Gasteiger partial charge is 0.465 e. The summed E-state index contributed by atoms with van der Waals surface area (Å²) in [4.78, 5) is 20.0. The van der Waals surface area contributed by atoms with Crippen LogP contribution in [0.4, 0.5) is 0 Å².